The van der Waals surface area contributed by atoms with E-state index in [1.165, 1.54) is 0 Å². The maximum absolute atomic E-state index is 10.8. The van der Waals surface area contributed by atoms with Gasteiger partial charge in [-0.1, -0.05) is 6.08 Å². The number of aliphatic imine (C=N–C) groups is 1. The van der Waals surface area contributed by atoms with E-state index >= 15 is 0 Å². The largest absolute Gasteiger partial charge is 0.294 e. The van der Waals surface area contributed by atoms with Crippen LogP contribution in [0.5, 0.6) is 0 Å². The fraction of sp³-hybridized carbons (Fsp3) is 0.333. The van der Waals surface area contributed by atoms with Crippen LogP contribution in [-0.4, -0.2) is 18.7 Å². The summed E-state index contributed by atoms with van der Waals surface area (Å²) in [5, 5.41) is 0. The second kappa shape index (κ2) is 3.12. The van der Waals surface area contributed by atoms with Crippen molar-refractivity contribution in [3.63, 3.8) is 0 Å². The molecule has 10 heavy (non-hydrogen) atoms. The minimum atomic E-state index is -0.187. The highest BCUT2D eigenvalue weighted by molar-refractivity contribution is 5.83. The van der Waals surface area contributed by atoms with Gasteiger partial charge in [-0.3, -0.25) is 15.2 Å². The van der Waals surface area contributed by atoms with E-state index in [0.717, 1.165) is 0 Å². The number of carbonyl (C=O) groups is 1. The van der Waals surface area contributed by atoms with E-state index in [9.17, 15) is 4.79 Å². The van der Waals surface area contributed by atoms with Crippen LogP contribution in [0, 0.1) is 5.92 Å². The SMILES string of the molecule is NNC(=O)C1C=CC=NC1. The Morgan fingerprint density at radius 1 is 1.80 bits per heavy atom. The molecule has 1 atom stereocenters. The van der Waals surface area contributed by atoms with Crippen molar-refractivity contribution in [2.75, 3.05) is 6.54 Å². The third-order valence-corrected chi connectivity index (χ3v) is 1.32. The molecule has 1 rings (SSSR count). The predicted octanol–water partition coefficient (Wildman–Crippen LogP) is -0.767. The van der Waals surface area contributed by atoms with Gasteiger partial charge >= 0.3 is 0 Å². The van der Waals surface area contributed by atoms with Gasteiger partial charge in [0.25, 0.3) is 0 Å². The van der Waals surface area contributed by atoms with E-state index in [0.29, 0.717) is 6.54 Å². The summed E-state index contributed by atoms with van der Waals surface area (Å²) >= 11 is 0. The molecule has 0 aromatic carbocycles. The summed E-state index contributed by atoms with van der Waals surface area (Å²) in [4.78, 5) is 14.7. The highest BCUT2D eigenvalue weighted by Gasteiger charge is 2.13. The van der Waals surface area contributed by atoms with E-state index in [2.05, 4.69) is 10.4 Å². The topological polar surface area (TPSA) is 67.5 Å². The van der Waals surface area contributed by atoms with E-state index in [-0.39, 0.29) is 11.8 Å². The molecule has 0 aliphatic carbocycles. The molecule has 1 unspecified atom stereocenters. The number of hydrogen-bond donors (Lipinski definition) is 2. The van der Waals surface area contributed by atoms with Crippen molar-refractivity contribution in [1.82, 2.24) is 5.43 Å². The number of allylic oxidation sites excluding steroid dienone is 1. The van der Waals surface area contributed by atoms with Crippen LogP contribution in [0.3, 0.4) is 0 Å². The molecular weight excluding hydrogens is 130 g/mol. The summed E-state index contributed by atoms with van der Waals surface area (Å²) in [6, 6.07) is 0. The third-order valence-electron chi connectivity index (χ3n) is 1.32. The van der Waals surface area contributed by atoms with Crippen molar-refractivity contribution in [3.05, 3.63) is 12.2 Å². The number of hydrogen-bond acceptors (Lipinski definition) is 3. The summed E-state index contributed by atoms with van der Waals surface area (Å²) in [7, 11) is 0. The Balaban J connectivity index is 2.51. The highest BCUT2D eigenvalue weighted by atomic mass is 16.2. The van der Waals surface area contributed by atoms with Crippen molar-refractivity contribution >= 4 is 12.1 Å². The number of nitrogens with two attached hydrogens (primary N) is 1. The lowest BCUT2D eigenvalue weighted by molar-refractivity contribution is -0.123. The Hall–Kier alpha value is -1.16. The van der Waals surface area contributed by atoms with Crippen molar-refractivity contribution in [2.24, 2.45) is 16.8 Å². The molecule has 0 radical (unpaired) electrons. The van der Waals surface area contributed by atoms with Crippen LogP contribution in [0.4, 0.5) is 0 Å². The molecule has 1 aliphatic heterocycles. The molecule has 0 bridgehead atoms. The van der Waals surface area contributed by atoms with Gasteiger partial charge in [-0.25, -0.2) is 5.84 Å². The Morgan fingerprint density at radius 2 is 2.60 bits per heavy atom. The first kappa shape index (κ1) is 6.95. The Morgan fingerprint density at radius 3 is 3.10 bits per heavy atom. The smallest absolute Gasteiger partial charge is 0.242 e. The van der Waals surface area contributed by atoms with Crippen LogP contribution < -0.4 is 11.3 Å². The van der Waals surface area contributed by atoms with Gasteiger partial charge < -0.3 is 0 Å². The van der Waals surface area contributed by atoms with Crippen LogP contribution >= 0.6 is 0 Å². The molecule has 0 aromatic heterocycles. The minimum Gasteiger partial charge on any atom is -0.294 e. The van der Waals surface area contributed by atoms with E-state index in [1.807, 2.05) is 0 Å². The minimum absolute atomic E-state index is 0.185. The molecule has 54 valence electrons. The molecule has 0 spiro atoms. The van der Waals surface area contributed by atoms with Crippen LogP contribution in [0.2, 0.25) is 0 Å². The van der Waals surface area contributed by atoms with Crippen molar-refractivity contribution in [1.29, 1.82) is 0 Å². The van der Waals surface area contributed by atoms with Crippen LogP contribution in [-0.2, 0) is 4.79 Å². The normalized spacial score (nSPS) is 22.7. The molecule has 0 fully saturated rings. The number of amides is 1. The molecular formula is C6H9N3O. The second-order valence-corrected chi connectivity index (χ2v) is 2.01. The Kier molecular flexibility index (Phi) is 2.17. The zero-order valence-corrected chi connectivity index (χ0v) is 5.45. The number of nitrogens with zero attached hydrogens (tertiary/aromatic N) is 1. The van der Waals surface area contributed by atoms with Gasteiger partial charge in [0.15, 0.2) is 0 Å². The molecule has 0 saturated heterocycles. The highest BCUT2D eigenvalue weighted by Crippen LogP contribution is 2.02. The lowest BCUT2D eigenvalue weighted by atomic mass is 10.1. The first-order valence-corrected chi connectivity index (χ1v) is 3.01. The molecule has 4 heteroatoms. The average molecular weight is 139 g/mol. The number of rotatable bonds is 1. The second-order valence-electron chi connectivity index (χ2n) is 2.01. The van der Waals surface area contributed by atoms with Gasteiger partial charge in [-0.2, -0.15) is 0 Å². The van der Waals surface area contributed by atoms with Gasteiger partial charge in [0.1, 0.15) is 0 Å². The molecule has 0 aromatic rings. The summed E-state index contributed by atoms with van der Waals surface area (Å²) in [6.45, 7) is 0.500. The summed E-state index contributed by atoms with van der Waals surface area (Å²) in [6.07, 6.45) is 5.18. The maximum Gasteiger partial charge on any atom is 0.242 e. The third kappa shape index (κ3) is 1.41. The molecule has 1 heterocycles. The van der Waals surface area contributed by atoms with Crippen molar-refractivity contribution < 1.29 is 4.79 Å². The molecule has 3 N–H and O–H groups in total. The first-order valence-electron chi connectivity index (χ1n) is 3.01. The number of hydrazine groups is 1. The standard InChI is InChI=1S/C6H9N3O/c7-9-6(10)5-2-1-3-8-4-5/h1-3,5H,4,7H2,(H,9,10). The van der Waals surface area contributed by atoms with Gasteiger partial charge in [0, 0.05) is 6.21 Å². The summed E-state index contributed by atoms with van der Waals surface area (Å²) in [5.41, 5.74) is 2.07. The molecule has 4 nitrogen and oxygen atoms in total. The molecule has 1 aliphatic rings. The zero-order valence-electron chi connectivity index (χ0n) is 5.45. The van der Waals surface area contributed by atoms with E-state index in [1.54, 1.807) is 18.4 Å². The fourth-order valence-corrected chi connectivity index (χ4v) is 0.757. The summed E-state index contributed by atoms with van der Waals surface area (Å²) < 4.78 is 0. The van der Waals surface area contributed by atoms with Gasteiger partial charge in [-0.05, 0) is 6.08 Å². The molecule has 0 saturated carbocycles. The van der Waals surface area contributed by atoms with E-state index in [4.69, 9.17) is 5.84 Å². The predicted molar refractivity (Wildman–Crippen MR) is 38.3 cm³/mol. The van der Waals surface area contributed by atoms with Gasteiger partial charge in [0.2, 0.25) is 5.91 Å². The molecule has 1 amide bonds. The first-order chi connectivity index (χ1) is 4.84. The number of dihydropyridines is 1. The Labute approximate surface area is 58.8 Å². The zero-order chi connectivity index (χ0) is 7.40. The number of nitrogens with one attached hydrogen (secondary N) is 1. The van der Waals surface area contributed by atoms with Crippen LogP contribution in [0.25, 0.3) is 0 Å². The van der Waals surface area contributed by atoms with Crippen molar-refractivity contribution in [3.8, 4) is 0 Å². The monoisotopic (exact) mass is 139 g/mol. The maximum atomic E-state index is 10.8. The van der Waals surface area contributed by atoms with Crippen LogP contribution in [0.15, 0.2) is 17.1 Å². The number of carbonyl (C=O) groups excluding carboxylic acids is 1. The van der Waals surface area contributed by atoms with E-state index < -0.39 is 0 Å². The lowest BCUT2D eigenvalue weighted by Crippen LogP contribution is -2.36. The quantitative estimate of drug-likeness (QED) is 0.284. The van der Waals surface area contributed by atoms with Crippen molar-refractivity contribution in [2.45, 2.75) is 0 Å². The van der Waals surface area contributed by atoms with Gasteiger partial charge in [-0.15, -0.1) is 0 Å². The fourth-order valence-electron chi connectivity index (χ4n) is 0.757. The summed E-state index contributed by atoms with van der Waals surface area (Å²) in [5.74, 6) is 4.55. The van der Waals surface area contributed by atoms with Gasteiger partial charge in [0.05, 0.1) is 12.5 Å². The van der Waals surface area contributed by atoms with Crippen LogP contribution in [0.1, 0.15) is 0 Å². The Bertz CT molecular complexity index is 185. The average Bonchev–Trinajstić information content (AvgIpc) is 2.05. The lowest BCUT2D eigenvalue weighted by Gasteiger charge is -2.09.